The highest BCUT2D eigenvalue weighted by molar-refractivity contribution is 5.20. The summed E-state index contributed by atoms with van der Waals surface area (Å²) in [6.45, 7) is 4.40. The molecule has 0 heterocycles. The quantitative estimate of drug-likeness (QED) is 0.754. The van der Waals surface area contributed by atoms with E-state index in [4.69, 9.17) is 11.5 Å². The molecule has 0 saturated carbocycles. The number of benzene rings is 1. The molecular weight excluding hydrogens is 160 g/mol. The van der Waals surface area contributed by atoms with Gasteiger partial charge < -0.3 is 5.73 Å². The second-order valence-electron chi connectivity index (χ2n) is 4.05. The molecule has 1 atom stereocenters. The fraction of sp³-hybridized carbons (Fsp3) is 0.455. The van der Waals surface area contributed by atoms with Gasteiger partial charge in [-0.25, -0.2) is 0 Å². The van der Waals surface area contributed by atoms with Crippen LogP contribution in [0.15, 0.2) is 30.3 Å². The summed E-state index contributed by atoms with van der Waals surface area (Å²) in [5.41, 5.74) is 14.4. The smallest absolute Gasteiger partial charge is 0.0359 e. The van der Waals surface area contributed by atoms with Gasteiger partial charge in [-0.3, -0.25) is 5.73 Å². The summed E-state index contributed by atoms with van der Waals surface area (Å²) in [5, 5.41) is 0. The monoisotopic (exact) mass is 177 g/mol. The van der Waals surface area contributed by atoms with E-state index < -0.39 is 0 Å². The molecule has 71 valence electrons. The minimum Gasteiger partial charge on any atom is -0.323 e. The first kappa shape index (κ1) is 10.2. The van der Waals surface area contributed by atoms with Crippen LogP contribution in [0.1, 0.15) is 25.5 Å². The van der Waals surface area contributed by atoms with E-state index in [2.05, 4.69) is 0 Å². The summed E-state index contributed by atoms with van der Waals surface area (Å²) >= 11 is 0. The lowest BCUT2D eigenvalue weighted by Crippen LogP contribution is -2.32. The maximum Gasteiger partial charge on any atom is 0.0359 e. The lowest BCUT2D eigenvalue weighted by atomic mass is 9.81. The second kappa shape index (κ2) is 3.90. The van der Waals surface area contributed by atoms with Gasteiger partial charge in [0, 0.05) is 12.6 Å². The molecule has 0 aliphatic rings. The molecule has 0 fully saturated rings. The molecule has 0 spiro atoms. The third kappa shape index (κ3) is 2.29. The summed E-state index contributed by atoms with van der Waals surface area (Å²) in [4.78, 5) is 0. The third-order valence-corrected chi connectivity index (χ3v) is 2.46. The molecule has 0 saturated heterocycles. The summed E-state index contributed by atoms with van der Waals surface area (Å²) in [6.07, 6.45) is 0. The van der Waals surface area contributed by atoms with E-state index in [-0.39, 0.29) is 11.5 Å². The van der Waals surface area contributed by atoms with Gasteiger partial charge in [-0.2, -0.15) is 0 Å². The van der Waals surface area contributed by atoms with Gasteiger partial charge in [-0.05, 0) is 11.0 Å². The van der Waals surface area contributed by atoms with E-state index in [0.717, 1.165) is 5.56 Å². The van der Waals surface area contributed by atoms with Gasteiger partial charge in [0.15, 0.2) is 0 Å². The van der Waals surface area contributed by atoms with Crippen molar-refractivity contribution in [2.75, 3.05) is 6.54 Å². The van der Waals surface area contributed by atoms with Crippen molar-refractivity contribution in [1.82, 2.24) is 5.73 Å². The van der Waals surface area contributed by atoms with Gasteiger partial charge in [0.25, 0.3) is 0 Å². The number of hydrogen-bond acceptors (Lipinski definition) is 1. The number of nitrogens with one attached hydrogen (secondary N) is 1. The molecule has 0 aliphatic heterocycles. The largest absolute Gasteiger partial charge is 0.323 e. The molecule has 1 aromatic carbocycles. The normalized spacial score (nSPS) is 14.2. The molecular formula is C11H17N2. The zero-order valence-corrected chi connectivity index (χ0v) is 8.25. The molecule has 2 heteroatoms. The van der Waals surface area contributed by atoms with Crippen LogP contribution in [0.4, 0.5) is 0 Å². The van der Waals surface area contributed by atoms with Crippen molar-refractivity contribution in [2.24, 2.45) is 11.1 Å². The molecule has 2 nitrogen and oxygen atoms in total. The Kier molecular flexibility index (Phi) is 3.07. The predicted octanol–water partition coefficient (Wildman–Crippen LogP) is 2.00. The molecule has 0 aromatic heterocycles. The fourth-order valence-corrected chi connectivity index (χ4v) is 1.22. The Labute approximate surface area is 79.9 Å². The van der Waals surface area contributed by atoms with Gasteiger partial charge in [-0.1, -0.05) is 44.2 Å². The topological polar surface area (TPSA) is 49.8 Å². The van der Waals surface area contributed by atoms with E-state index in [9.17, 15) is 0 Å². The van der Waals surface area contributed by atoms with E-state index in [1.54, 1.807) is 0 Å². The van der Waals surface area contributed by atoms with Gasteiger partial charge in [0.2, 0.25) is 0 Å². The van der Waals surface area contributed by atoms with Crippen molar-refractivity contribution in [3.05, 3.63) is 35.9 Å². The highest BCUT2D eigenvalue weighted by Gasteiger charge is 2.25. The Morgan fingerprint density at radius 2 is 1.85 bits per heavy atom. The Hall–Kier alpha value is -0.860. The SMILES string of the molecule is CC(C)(C[NH])C(N)c1ccccc1. The lowest BCUT2D eigenvalue weighted by molar-refractivity contribution is 0.297. The first-order chi connectivity index (χ1) is 6.08. The molecule has 0 bridgehead atoms. The molecule has 13 heavy (non-hydrogen) atoms. The molecule has 1 rings (SSSR count). The van der Waals surface area contributed by atoms with Crippen LogP contribution in [-0.2, 0) is 0 Å². The minimum atomic E-state index is -0.151. The van der Waals surface area contributed by atoms with Gasteiger partial charge in [-0.15, -0.1) is 0 Å². The Bertz CT molecular complexity index is 254. The highest BCUT2D eigenvalue weighted by Crippen LogP contribution is 2.29. The first-order valence-electron chi connectivity index (χ1n) is 4.53. The minimum absolute atomic E-state index is 0.0498. The van der Waals surface area contributed by atoms with E-state index in [1.807, 2.05) is 44.2 Å². The Morgan fingerprint density at radius 3 is 2.31 bits per heavy atom. The Morgan fingerprint density at radius 1 is 1.31 bits per heavy atom. The van der Waals surface area contributed by atoms with E-state index >= 15 is 0 Å². The van der Waals surface area contributed by atoms with Crippen molar-refractivity contribution >= 4 is 0 Å². The summed E-state index contributed by atoms with van der Waals surface area (Å²) in [7, 11) is 0. The van der Waals surface area contributed by atoms with Crippen molar-refractivity contribution in [3.8, 4) is 0 Å². The summed E-state index contributed by atoms with van der Waals surface area (Å²) in [5.74, 6) is 0. The molecule has 0 aliphatic carbocycles. The average Bonchev–Trinajstić information content (AvgIpc) is 2.18. The van der Waals surface area contributed by atoms with E-state index in [1.165, 1.54) is 0 Å². The maximum atomic E-state index is 7.41. The zero-order chi connectivity index (χ0) is 9.90. The molecule has 1 unspecified atom stereocenters. The van der Waals surface area contributed by atoms with Crippen LogP contribution in [0.2, 0.25) is 0 Å². The summed E-state index contributed by atoms with van der Waals surface area (Å²) in [6, 6.07) is 9.92. The van der Waals surface area contributed by atoms with Crippen LogP contribution in [0.5, 0.6) is 0 Å². The lowest BCUT2D eigenvalue weighted by Gasteiger charge is -2.29. The zero-order valence-electron chi connectivity index (χ0n) is 8.25. The van der Waals surface area contributed by atoms with Crippen molar-refractivity contribution in [3.63, 3.8) is 0 Å². The number of hydrogen-bond donors (Lipinski definition) is 1. The van der Waals surface area contributed by atoms with Gasteiger partial charge in [0.05, 0.1) is 0 Å². The standard InChI is InChI=1S/C11H17N2/c1-11(2,8-12)10(13)9-6-4-3-5-7-9/h3-7,10,12H,8,13H2,1-2H3. The Balaban J connectivity index is 2.85. The first-order valence-corrected chi connectivity index (χ1v) is 4.53. The number of nitrogens with two attached hydrogens (primary N) is 1. The van der Waals surface area contributed by atoms with Crippen molar-refractivity contribution in [2.45, 2.75) is 19.9 Å². The fourth-order valence-electron chi connectivity index (χ4n) is 1.22. The molecule has 1 aromatic rings. The average molecular weight is 177 g/mol. The van der Waals surface area contributed by atoms with Gasteiger partial charge >= 0.3 is 0 Å². The number of rotatable bonds is 3. The van der Waals surface area contributed by atoms with Crippen molar-refractivity contribution < 1.29 is 0 Å². The molecule has 1 radical (unpaired) electrons. The van der Waals surface area contributed by atoms with Crippen LogP contribution < -0.4 is 11.5 Å². The van der Waals surface area contributed by atoms with Crippen LogP contribution >= 0.6 is 0 Å². The van der Waals surface area contributed by atoms with Crippen LogP contribution in [0, 0.1) is 5.41 Å². The highest BCUT2D eigenvalue weighted by atomic mass is 14.7. The maximum absolute atomic E-state index is 7.41. The van der Waals surface area contributed by atoms with Crippen LogP contribution in [-0.4, -0.2) is 6.54 Å². The third-order valence-electron chi connectivity index (χ3n) is 2.46. The second-order valence-corrected chi connectivity index (χ2v) is 4.05. The van der Waals surface area contributed by atoms with Crippen molar-refractivity contribution in [1.29, 1.82) is 0 Å². The van der Waals surface area contributed by atoms with Crippen LogP contribution in [0.25, 0.3) is 0 Å². The van der Waals surface area contributed by atoms with Gasteiger partial charge in [0.1, 0.15) is 0 Å². The summed E-state index contributed by atoms with van der Waals surface area (Å²) < 4.78 is 0. The van der Waals surface area contributed by atoms with Crippen LogP contribution in [0.3, 0.4) is 0 Å². The molecule has 3 N–H and O–H groups in total. The molecule has 0 amide bonds. The predicted molar refractivity (Wildman–Crippen MR) is 55.1 cm³/mol. The van der Waals surface area contributed by atoms with E-state index in [0.29, 0.717) is 6.54 Å².